The molecule has 1 aromatic rings. The van der Waals surface area contributed by atoms with E-state index in [1.165, 1.54) is 12.1 Å². The molecule has 18 heavy (non-hydrogen) atoms. The Morgan fingerprint density at radius 2 is 2.39 bits per heavy atom. The number of rotatable bonds is 5. The number of amidine groups is 1. The summed E-state index contributed by atoms with van der Waals surface area (Å²) >= 11 is 0. The first-order valence-electron chi connectivity index (χ1n) is 5.38. The van der Waals surface area contributed by atoms with Gasteiger partial charge in [-0.3, -0.25) is 10.1 Å². The molecule has 3 N–H and O–H groups in total. The Morgan fingerprint density at radius 3 is 2.94 bits per heavy atom. The van der Waals surface area contributed by atoms with E-state index in [4.69, 9.17) is 15.7 Å². The highest BCUT2D eigenvalue weighted by atomic mass is 16.6. The second kappa shape index (κ2) is 4.86. The van der Waals surface area contributed by atoms with Crippen LogP contribution in [-0.4, -0.2) is 27.6 Å². The molecular formula is C10H12N4O4. The van der Waals surface area contributed by atoms with Gasteiger partial charge in [0.15, 0.2) is 11.5 Å². The van der Waals surface area contributed by atoms with Crippen LogP contribution in [0.15, 0.2) is 17.3 Å². The summed E-state index contributed by atoms with van der Waals surface area (Å²) in [7, 11) is 0. The Morgan fingerprint density at radius 1 is 1.67 bits per heavy atom. The van der Waals surface area contributed by atoms with Crippen molar-refractivity contribution in [2.45, 2.75) is 12.8 Å². The van der Waals surface area contributed by atoms with Crippen molar-refractivity contribution in [3.8, 4) is 5.88 Å². The molecular weight excluding hydrogens is 240 g/mol. The molecule has 0 aromatic carbocycles. The molecule has 0 bridgehead atoms. The normalized spacial score (nSPS) is 15.4. The summed E-state index contributed by atoms with van der Waals surface area (Å²) in [6, 6.07) is 2.62. The topological polar surface area (TPSA) is 124 Å². The van der Waals surface area contributed by atoms with Gasteiger partial charge in [-0.05, 0) is 18.8 Å². The molecule has 1 fully saturated rings. The number of ether oxygens (including phenoxy) is 1. The predicted molar refractivity (Wildman–Crippen MR) is 61.6 cm³/mol. The van der Waals surface area contributed by atoms with Crippen molar-refractivity contribution in [3.63, 3.8) is 0 Å². The molecule has 0 unspecified atom stereocenters. The highest BCUT2D eigenvalue weighted by molar-refractivity contribution is 5.98. The Hall–Kier alpha value is -2.38. The van der Waals surface area contributed by atoms with Crippen molar-refractivity contribution >= 4 is 11.5 Å². The van der Waals surface area contributed by atoms with E-state index in [1.54, 1.807) is 0 Å². The molecule has 0 radical (unpaired) electrons. The molecule has 1 heterocycles. The van der Waals surface area contributed by atoms with E-state index in [2.05, 4.69) is 10.1 Å². The molecule has 8 heteroatoms. The number of oxime groups is 1. The highest BCUT2D eigenvalue weighted by Gasteiger charge is 2.24. The van der Waals surface area contributed by atoms with Crippen LogP contribution in [0, 0.1) is 16.0 Å². The fraction of sp³-hybridized carbons (Fsp3) is 0.400. The zero-order chi connectivity index (χ0) is 13.1. The van der Waals surface area contributed by atoms with E-state index in [0.29, 0.717) is 12.5 Å². The Labute approximate surface area is 102 Å². The Balaban J connectivity index is 2.25. The fourth-order valence-corrected chi connectivity index (χ4v) is 1.39. The van der Waals surface area contributed by atoms with Gasteiger partial charge in [0.25, 0.3) is 5.69 Å². The second-order valence-corrected chi connectivity index (χ2v) is 4.01. The van der Waals surface area contributed by atoms with Crippen LogP contribution in [0.25, 0.3) is 0 Å². The Bertz CT molecular complexity index is 499. The monoisotopic (exact) mass is 252 g/mol. The molecule has 1 aliphatic carbocycles. The van der Waals surface area contributed by atoms with Crippen LogP contribution in [0.1, 0.15) is 18.5 Å². The maximum Gasteiger partial charge on any atom is 0.299 e. The average molecular weight is 252 g/mol. The molecule has 96 valence electrons. The van der Waals surface area contributed by atoms with Crippen molar-refractivity contribution in [2.24, 2.45) is 16.8 Å². The van der Waals surface area contributed by atoms with Crippen LogP contribution >= 0.6 is 0 Å². The fourth-order valence-electron chi connectivity index (χ4n) is 1.39. The first kappa shape index (κ1) is 12.1. The molecule has 2 rings (SSSR count). The van der Waals surface area contributed by atoms with Gasteiger partial charge in [0.2, 0.25) is 5.88 Å². The third-order valence-electron chi connectivity index (χ3n) is 2.56. The van der Waals surface area contributed by atoms with E-state index < -0.39 is 10.8 Å². The van der Waals surface area contributed by atoms with Gasteiger partial charge in [-0.2, -0.15) is 0 Å². The van der Waals surface area contributed by atoms with Crippen molar-refractivity contribution < 1.29 is 14.9 Å². The van der Waals surface area contributed by atoms with Crippen molar-refractivity contribution in [1.29, 1.82) is 0 Å². The summed E-state index contributed by atoms with van der Waals surface area (Å²) in [5.74, 6) is 0.349. The molecule has 0 spiro atoms. The maximum absolute atomic E-state index is 10.8. The van der Waals surface area contributed by atoms with Gasteiger partial charge in [-0.1, -0.05) is 5.16 Å². The van der Waals surface area contributed by atoms with Crippen molar-refractivity contribution in [2.75, 3.05) is 6.61 Å². The zero-order valence-electron chi connectivity index (χ0n) is 9.44. The molecule has 1 aliphatic rings. The standard InChI is InChI=1S/C10H12N4O4/c11-10(13-15)9-7(14(16)17)3-4-8(12-9)18-5-6-1-2-6/h3-4,6,15H,1-2,5H2,(H2,11,13). The largest absolute Gasteiger partial charge is 0.477 e. The van der Waals surface area contributed by atoms with Gasteiger partial charge in [0, 0.05) is 12.1 Å². The first-order chi connectivity index (χ1) is 8.61. The molecule has 0 amide bonds. The van der Waals surface area contributed by atoms with E-state index in [0.717, 1.165) is 12.8 Å². The molecule has 0 atom stereocenters. The molecule has 0 aliphatic heterocycles. The summed E-state index contributed by atoms with van der Waals surface area (Å²) < 4.78 is 5.37. The lowest BCUT2D eigenvalue weighted by Crippen LogP contribution is -2.17. The molecule has 8 nitrogen and oxygen atoms in total. The van der Waals surface area contributed by atoms with Crippen LogP contribution in [0.5, 0.6) is 5.88 Å². The van der Waals surface area contributed by atoms with Gasteiger partial charge >= 0.3 is 0 Å². The van der Waals surface area contributed by atoms with Gasteiger partial charge in [-0.15, -0.1) is 0 Å². The first-order valence-corrected chi connectivity index (χ1v) is 5.38. The number of hydrogen-bond acceptors (Lipinski definition) is 6. The number of nitrogens with two attached hydrogens (primary N) is 1. The minimum absolute atomic E-state index is 0.198. The van der Waals surface area contributed by atoms with Crippen molar-refractivity contribution in [1.82, 2.24) is 4.98 Å². The van der Waals surface area contributed by atoms with Gasteiger partial charge in [0.1, 0.15) is 0 Å². The maximum atomic E-state index is 10.8. The zero-order valence-corrected chi connectivity index (χ0v) is 9.44. The third kappa shape index (κ3) is 2.65. The number of nitrogens with zero attached hydrogens (tertiary/aromatic N) is 3. The van der Waals surface area contributed by atoms with Crippen LogP contribution in [0.3, 0.4) is 0 Å². The molecule has 1 saturated carbocycles. The van der Waals surface area contributed by atoms with E-state index in [9.17, 15) is 10.1 Å². The predicted octanol–water partition coefficient (Wildman–Crippen LogP) is 0.873. The smallest absolute Gasteiger partial charge is 0.299 e. The average Bonchev–Trinajstić information content (AvgIpc) is 3.19. The summed E-state index contributed by atoms with van der Waals surface area (Å²) in [5.41, 5.74) is 4.82. The van der Waals surface area contributed by atoms with Gasteiger partial charge in [-0.25, -0.2) is 4.98 Å². The SMILES string of the molecule is N/C(=N/O)c1nc(OCC2CC2)ccc1[N+](=O)[O-]. The third-order valence-corrected chi connectivity index (χ3v) is 2.56. The number of hydrogen-bond donors (Lipinski definition) is 2. The summed E-state index contributed by atoms with van der Waals surface area (Å²) in [4.78, 5) is 14.0. The summed E-state index contributed by atoms with van der Waals surface area (Å²) in [6.07, 6.45) is 2.25. The van der Waals surface area contributed by atoms with E-state index in [1.807, 2.05) is 0 Å². The summed E-state index contributed by atoms with van der Waals surface area (Å²) in [5, 5.41) is 22.1. The van der Waals surface area contributed by atoms with E-state index >= 15 is 0 Å². The molecule has 0 saturated heterocycles. The van der Waals surface area contributed by atoms with Crippen molar-refractivity contribution in [3.05, 3.63) is 27.9 Å². The van der Waals surface area contributed by atoms with E-state index in [-0.39, 0.29) is 17.3 Å². The van der Waals surface area contributed by atoms with Crippen LogP contribution < -0.4 is 10.5 Å². The van der Waals surface area contributed by atoms with Crippen LogP contribution in [0.2, 0.25) is 0 Å². The second-order valence-electron chi connectivity index (χ2n) is 4.01. The molecule has 1 aromatic heterocycles. The van der Waals surface area contributed by atoms with Gasteiger partial charge < -0.3 is 15.7 Å². The van der Waals surface area contributed by atoms with Crippen LogP contribution in [0.4, 0.5) is 5.69 Å². The summed E-state index contributed by atoms with van der Waals surface area (Å²) in [6.45, 7) is 0.528. The highest BCUT2D eigenvalue weighted by Crippen LogP contribution is 2.29. The number of pyridine rings is 1. The van der Waals surface area contributed by atoms with Gasteiger partial charge in [0.05, 0.1) is 11.5 Å². The van der Waals surface area contributed by atoms with Crippen LogP contribution in [-0.2, 0) is 0 Å². The minimum Gasteiger partial charge on any atom is -0.477 e. The Kier molecular flexibility index (Phi) is 3.26. The lowest BCUT2D eigenvalue weighted by atomic mass is 10.3. The number of aromatic nitrogens is 1. The number of nitro groups is 1. The minimum atomic E-state index is -0.648. The quantitative estimate of drug-likeness (QED) is 0.263. The lowest BCUT2D eigenvalue weighted by Gasteiger charge is -2.06. The lowest BCUT2D eigenvalue weighted by molar-refractivity contribution is -0.385.